The number of halogens is 1. The summed E-state index contributed by atoms with van der Waals surface area (Å²) in [5.41, 5.74) is 0.0370. The van der Waals surface area contributed by atoms with Gasteiger partial charge in [-0.25, -0.2) is 0 Å². The second-order valence-corrected chi connectivity index (χ2v) is 7.88. The minimum Gasteiger partial charge on any atom is -0.486 e. The molecule has 0 radical (unpaired) electrons. The van der Waals surface area contributed by atoms with E-state index in [4.69, 9.17) is 9.47 Å². The van der Waals surface area contributed by atoms with Gasteiger partial charge in [-0.2, -0.15) is 0 Å². The predicted octanol–water partition coefficient (Wildman–Crippen LogP) is 2.99. The summed E-state index contributed by atoms with van der Waals surface area (Å²) in [6, 6.07) is 3.57. The Bertz CT molecular complexity index is 665. The molecule has 2 atom stereocenters. The lowest BCUT2D eigenvalue weighted by Gasteiger charge is -2.47. The first-order valence-electron chi connectivity index (χ1n) is 8.68. The van der Waals surface area contributed by atoms with Gasteiger partial charge in [0, 0.05) is 24.6 Å². The van der Waals surface area contributed by atoms with E-state index < -0.39 is 5.60 Å². The van der Waals surface area contributed by atoms with Gasteiger partial charge in [-0.05, 0) is 47.3 Å². The molecule has 6 heteroatoms. The van der Waals surface area contributed by atoms with Crippen LogP contribution in [0, 0.1) is 5.92 Å². The fourth-order valence-corrected chi connectivity index (χ4v) is 4.73. The van der Waals surface area contributed by atoms with E-state index in [1.807, 2.05) is 4.90 Å². The van der Waals surface area contributed by atoms with E-state index in [0.29, 0.717) is 49.8 Å². The van der Waals surface area contributed by atoms with Gasteiger partial charge in [0.15, 0.2) is 11.5 Å². The quantitative estimate of drug-likeness (QED) is 0.793. The Hall–Kier alpha value is -1.27. The molecule has 1 aromatic carbocycles. The Labute approximate surface area is 150 Å². The molecule has 2 aliphatic heterocycles. The Morgan fingerprint density at radius 3 is 2.96 bits per heavy atom. The first kappa shape index (κ1) is 16.2. The lowest BCUT2D eigenvalue weighted by Crippen LogP contribution is -2.54. The van der Waals surface area contributed by atoms with Gasteiger partial charge >= 0.3 is 0 Å². The molecule has 1 saturated carbocycles. The normalized spacial score (nSPS) is 29.1. The topological polar surface area (TPSA) is 59.0 Å². The van der Waals surface area contributed by atoms with Gasteiger partial charge in [0.1, 0.15) is 13.2 Å². The van der Waals surface area contributed by atoms with Crippen LogP contribution >= 0.6 is 15.9 Å². The van der Waals surface area contributed by atoms with Crippen LogP contribution in [0.5, 0.6) is 11.5 Å². The number of piperidine rings is 1. The minimum absolute atomic E-state index is 0.000275. The van der Waals surface area contributed by atoms with Crippen LogP contribution in [0.25, 0.3) is 0 Å². The molecule has 1 aliphatic carbocycles. The van der Waals surface area contributed by atoms with Crippen LogP contribution in [0.2, 0.25) is 0 Å². The van der Waals surface area contributed by atoms with E-state index in [1.54, 1.807) is 12.1 Å². The highest BCUT2D eigenvalue weighted by atomic mass is 79.9. The van der Waals surface area contributed by atoms with Crippen LogP contribution in [-0.2, 0) is 0 Å². The minimum atomic E-state index is -0.567. The fourth-order valence-electron chi connectivity index (χ4n) is 4.17. The summed E-state index contributed by atoms with van der Waals surface area (Å²) < 4.78 is 12.0. The number of likely N-dealkylation sites (tertiary alicyclic amines) is 1. The Balaban J connectivity index is 1.55. The van der Waals surface area contributed by atoms with Crippen molar-refractivity contribution in [3.05, 3.63) is 22.2 Å². The lowest BCUT2D eigenvalue weighted by molar-refractivity contribution is -0.0886. The van der Waals surface area contributed by atoms with Crippen molar-refractivity contribution < 1.29 is 19.4 Å². The zero-order valence-electron chi connectivity index (χ0n) is 13.6. The highest BCUT2D eigenvalue weighted by Crippen LogP contribution is 2.41. The molecule has 0 unspecified atom stereocenters. The molecular weight excluding hydrogens is 374 g/mol. The molecule has 1 N–H and O–H groups in total. The van der Waals surface area contributed by atoms with Gasteiger partial charge in [-0.3, -0.25) is 4.79 Å². The number of benzene rings is 1. The van der Waals surface area contributed by atoms with Gasteiger partial charge in [0.05, 0.1) is 10.1 Å². The van der Waals surface area contributed by atoms with Gasteiger partial charge in [-0.15, -0.1) is 0 Å². The Kier molecular flexibility index (Phi) is 4.21. The van der Waals surface area contributed by atoms with Crippen LogP contribution in [0.4, 0.5) is 0 Å². The molecule has 24 heavy (non-hydrogen) atoms. The van der Waals surface area contributed by atoms with Crippen LogP contribution in [-0.4, -0.2) is 47.8 Å². The summed E-state index contributed by atoms with van der Waals surface area (Å²) in [5, 5.41) is 10.8. The molecular formula is C18H22BrNO4. The average Bonchev–Trinajstić information content (AvgIpc) is 2.60. The molecule has 0 spiro atoms. The van der Waals surface area contributed by atoms with Crippen LogP contribution in [0.1, 0.15) is 42.5 Å². The van der Waals surface area contributed by atoms with E-state index >= 15 is 0 Å². The third-order valence-corrected chi connectivity index (χ3v) is 6.15. The van der Waals surface area contributed by atoms with Crippen molar-refractivity contribution in [1.29, 1.82) is 0 Å². The van der Waals surface area contributed by atoms with Crippen molar-refractivity contribution in [1.82, 2.24) is 4.90 Å². The monoisotopic (exact) mass is 395 g/mol. The van der Waals surface area contributed by atoms with Gasteiger partial charge in [0.2, 0.25) is 0 Å². The predicted molar refractivity (Wildman–Crippen MR) is 92.6 cm³/mol. The zero-order chi connectivity index (χ0) is 16.7. The molecule has 0 aromatic heterocycles. The lowest BCUT2D eigenvalue weighted by atomic mass is 9.71. The van der Waals surface area contributed by atoms with E-state index in [1.165, 1.54) is 0 Å². The number of hydrogen-bond donors (Lipinski definition) is 1. The second-order valence-electron chi connectivity index (χ2n) is 7.03. The summed E-state index contributed by atoms with van der Waals surface area (Å²) in [5.74, 6) is 1.48. The molecule has 1 amide bonds. The molecule has 4 rings (SSSR count). The smallest absolute Gasteiger partial charge is 0.254 e. The highest BCUT2D eigenvalue weighted by Gasteiger charge is 2.43. The largest absolute Gasteiger partial charge is 0.486 e. The SMILES string of the molecule is O=C(c1cc(Br)c2c(c1)OCCO2)N1CC[C@@]2(O)CCCC[C@H]2C1. The molecule has 2 fully saturated rings. The zero-order valence-corrected chi connectivity index (χ0v) is 15.2. The maximum Gasteiger partial charge on any atom is 0.254 e. The van der Waals surface area contributed by atoms with Gasteiger partial charge < -0.3 is 19.5 Å². The first-order valence-corrected chi connectivity index (χ1v) is 9.47. The van der Waals surface area contributed by atoms with Crippen LogP contribution in [0.3, 0.4) is 0 Å². The molecule has 130 valence electrons. The Morgan fingerprint density at radius 2 is 2.08 bits per heavy atom. The summed E-state index contributed by atoms with van der Waals surface area (Å²) in [4.78, 5) is 14.8. The van der Waals surface area contributed by atoms with Crippen molar-refractivity contribution in [3.63, 3.8) is 0 Å². The molecule has 3 aliphatic rings. The van der Waals surface area contributed by atoms with Crippen molar-refractivity contribution in [2.24, 2.45) is 5.92 Å². The number of aliphatic hydroxyl groups is 1. The first-order chi connectivity index (χ1) is 11.6. The van der Waals surface area contributed by atoms with Crippen molar-refractivity contribution >= 4 is 21.8 Å². The number of ether oxygens (including phenoxy) is 2. The summed E-state index contributed by atoms with van der Waals surface area (Å²) in [7, 11) is 0. The molecule has 5 nitrogen and oxygen atoms in total. The standard InChI is InChI=1S/C18H22BrNO4/c19-14-9-12(10-15-16(14)24-8-7-23-15)17(21)20-6-5-18(22)4-2-1-3-13(18)11-20/h9-10,13,22H,1-8,11H2/t13-,18-/m0/s1. The highest BCUT2D eigenvalue weighted by molar-refractivity contribution is 9.10. The molecule has 1 saturated heterocycles. The number of nitrogens with zero attached hydrogens (tertiary/aromatic N) is 1. The van der Waals surface area contributed by atoms with Gasteiger partial charge in [-0.1, -0.05) is 12.8 Å². The van der Waals surface area contributed by atoms with Crippen LogP contribution in [0.15, 0.2) is 16.6 Å². The summed E-state index contributed by atoms with van der Waals surface area (Å²) in [6.07, 6.45) is 4.79. The second kappa shape index (κ2) is 6.23. The average molecular weight is 396 g/mol. The number of carbonyl (C=O) groups is 1. The van der Waals surface area contributed by atoms with Crippen molar-refractivity contribution in [3.8, 4) is 11.5 Å². The number of hydrogen-bond acceptors (Lipinski definition) is 4. The molecule has 0 bridgehead atoms. The number of amides is 1. The number of rotatable bonds is 1. The van der Waals surface area contributed by atoms with E-state index in [-0.39, 0.29) is 11.8 Å². The maximum absolute atomic E-state index is 12.9. The summed E-state index contributed by atoms with van der Waals surface area (Å²) >= 11 is 3.47. The van der Waals surface area contributed by atoms with E-state index in [0.717, 1.165) is 30.2 Å². The number of carbonyl (C=O) groups excluding carboxylic acids is 1. The molecule has 2 heterocycles. The molecule has 1 aromatic rings. The van der Waals surface area contributed by atoms with Crippen molar-refractivity contribution in [2.45, 2.75) is 37.7 Å². The van der Waals surface area contributed by atoms with Crippen molar-refractivity contribution in [2.75, 3.05) is 26.3 Å². The maximum atomic E-state index is 12.9. The third kappa shape index (κ3) is 2.80. The van der Waals surface area contributed by atoms with Crippen LogP contribution < -0.4 is 9.47 Å². The van der Waals surface area contributed by atoms with E-state index in [2.05, 4.69) is 15.9 Å². The fraction of sp³-hybridized carbons (Fsp3) is 0.611. The van der Waals surface area contributed by atoms with E-state index in [9.17, 15) is 9.90 Å². The third-order valence-electron chi connectivity index (χ3n) is 5.56. The summed E-state index contributed by atoms with van der Waals surface area (Å²) in [6.45, 7) is 2.26. The van der Waals surface area contributed by atoms with Gasteiger partial charge in [0.25, 0.3) is 5.91 Å². The Morgan fingerprint density at radius 1 is 1.25 bits per heavy atom. The number of fused-ring (bicyclic) bond motifs is 2.